The second kappa shape index (κ2) is 5.90. The maximum Gasteiger partial charge on any atom is 0.115 e. The van der Waals surface area contributed by atoms with E-state index in [0.29, 0.717) is 5.75 Å². The molecule has 2 heterocycles. The molecule has 0 radical (unpaired) electrons. The lowest BCUT2D eigenvalue weighted by molar-refractivity contribution is 0.0981. The summed E-state index contributed by atoms with van der Waals surface area (Å²) >= 11 is 0. The van der Waals surface area contributed by atoms with Crippen LogP contribution in [0.1, 0.15) is 12.0 Å². The van der Waals surface area contributed by atoms with Crippen LogP contribution in [0.15, 0.2) is 24.3 Å². The van der Waals surface area contributed by atoms with Crippen LogP contribution in [0.25, 0.3) is 0 Å². The van der Waals surface area contributed by atoms with Gasteiger partial charge in [-0.1, -0.05) is 12.1 Å². The molecule has 104 valence electrons. The van der Waals surface area contributed by atoms with Gasteiger partial charge in [0.25, 0.3) is 0 Å². The summed E-state index contributed by atoms with van der Waals surface area (Å²) in [5.41, 5.74) is 1.20. The fourth-order valence-corrected chi connectivity index (χ4v) is 3.15. The molecule has 4 nitrogen and oxygen atoms in total. The van der Waals surface area contributed by atoms with Crippen molar-refractivity contribution in [2.45, 2.75) is 19.0 Å². The van der Waals surface area contributed by atoms with Crippen molar-refractivity contribution in [1.29, 1.82) is 0 Å². The zero-order valence-electron chi connectivity index (χ0n) is 11.4. The maximum atomic E-state index is 9.49. The molecular formula is C15H23N3O. The predicted molar refractivity (Wildman–Crippen MR) is 76.2 cm³/mol. The highest BCUT2D eigenvalue weighted by Gasteiger charge is 2.25. The first-order chi connectivity index (χ1) is 9.31. The van der Waals surface area contributed by atoms with Gasteiger partial charge in [-0.15, -0.1) is 0 Å². The Hall–Kier alpha value is -1.10. The Bertz CT molecular complexity index is 410. The van der Waals surface area contributed by atoms with Gasteiger partial charge in [-0.25, -0.2) is 0 Å². The Morgan fingerprint density at radius 2 is 2.05 bits per heavy atom. The van der Waals surface area contributed by atoms with E-state index < -0.39 is 0 Å². The Morgan fingerprint density at radius 1 is 1.21 bits per heavy atom. The van der Waals surface area contributed by atoms with Crippen molar-refractivity contribution < 1.29 is 5.11 Å². The van der Waals surface area contributed by atoms with Crippen molar-refractivity contribution in [3.05, 3.63) is 29.8 Å². The van der Waals surface area contributed by atoms with Crippen molar-refractivity contribution in [3.63, 3.8) is 0 Å². The number of phenolic OH excluding ortho intramolecular Hbond substituents is 1. The smallest absolute Gasteiger partial charge is 0.115 e. The van der Waals surface area contributed by atoms with Gasteiger partial charge in [0.05, 0.1) is 0 Å². The lowest BCUT2D eigenvalue weighted by Gasteiger charge is -2.37. The molecule has 2 aliphatic heterocycles. The summed E-state index contributed by atoms with van der Waals surface area (Å²) in [6, 6.07) is 8.36. The monoisotopic (exact) mass is 261 g/mol. The van der Waals surface area contributed by atoms with Crippen LogP contribution < -0.4 is 5.32 Å². The van der Waals surface area contributed by atoms with Crippen LogP contribution in [0.5, 0.6) is 5.75 Å². The first-order valence-corrected chi connectivity index (χ1v) is 7.26. The minimum Gasteiger partial charge on any atom is -0.508 e. The second-order valence-electron chi connectivity index (χ2n) is 5.63. The highest BCUT2D eigenvalue weighted by Crippen LogP contribution is 2.16. The molecule has 0 amide bonds. The normalized spacial score (nSPS) is 25.8. The minimum absolute atomic E-state index is 0.369. The Balaban J connectivity index is 1.50. The highest BCUT2D eigenvalue weighted by atomic mass is 16.3. The highest BCUT2D eigenvalue weighted by molar-refractivity contribution is 5.27. The van der Waals surface area contributed by atoms with Crippen LogP contribution in [0, 0.1) is 0 Å². The van der Waals surface area contributed by atoms with E-state index in [1.54, 1.807) is 6.07 Å². The molecule has 19 heavy (non-hydrogen) atoms. The van der Waals surface area contributed by atoms with Gasteiger partial charge in [-0.2, -0.15) is 0 Å². The van der Waals surface area contributed by atoms with E-state index in [2.05, 4.69) is 21.2 Å². The van der Waals surface area contributed by atoms with E-state index in [-0.39, 0.29) is 0 Å². The fourth-order valence-electron chi connectivity index (χ4n) is 3.15. The van der Waals surface area contributed by atoms with E-state index in [9.17, 15) is 5.11 Å². The number of piperazine rings is 1. The Kier molecular flexibility index (Phi) is 4.01. The third kappa shape index (κ3) is 3.26. The molecule has 1 aromatic rings. The molecule has 0 saturated carbocycles. The molecule has 0 aromatic heterocycles. The molecule has 0 spiro atoms. The molecule has 0 bridgehead atoms. The van der Waals surface area contributed by atoms with Crippen LogP contribution >= 0.6 is 0 Å². The zero-order chi connectivity index (χ0) is 13.1. The molecule has 2 aliphatic rings. The van der Waals surface area contributed by atoms with E-state index in [4.69, 9.17) is 0 Å². The van der Waals surface area contributed by atoms with Crippen molar-refractivity contribution >= 4 is 0 Å². The predicted octanol–water partition coefficient (Wildman–Crippen LogP) is 0.872. The number of phenols is 1. The van der Waals surface area contributed by atoms with Gasteiger partial charge in [0.15, 0.2) is 0 Å². The van der Waals surface area contributed by atoms with E-state index in [0.717, 1.165) is 32.2 Å². The van der Waals surface area contributed by atoms with Crippen molar-refractivity contribution in [1.82, 2.24) is 15.1 Å². The number of nitrogens with one attached hydrogen (secondary N) is 1. The lowest BCUT2D eigenvalue weighted by Crippen LogP contribution is -2.50. The summed E-state index contributed by atoms with van der Waals surface area (Å²) in [5, 5.41) is 12.9. The summed E-state index contributed by atoms with van der Waals surface area (Å²) in [6.45, 7) is 7.89. The van der Waals surface area contributed by atoms with Gasteiger partial charge in [-0.05, 0) is 30.7 Å². The minimum atomic E-state index is 0.369. The zero-order valence-corrected chi connectivity index (χ0v) is 11.4. The molecular weight excluding hydrogens is 238 g/mol. The molecule has 1 atom stereocenters. The van der Waals surface area contributed by atoms with Crippen LogP contribution in [-0.4, -0.2) is 60.2 Å². The number of hydrogen-bond acceptors (Lipinski definition) is 4. The molecule has 2 saturated heterocycles. The van der Waals surface area contributed by atoms with E-state index in [1.807, 2.05) is 12.1 Å². The first-order valence-electron chi connectivity index (χ1n) is 7.26. The third-order valence-corrected chi connectivity index (χ3v) is 4.27. The molecule has 0 aliphatic carbocycles. The standard InChI is InChI=1S/C15H23N3O/c19-15-3-1-2-13(10-15)12-17-6-8-18(9-7-17)14-4-5-16-11-14/h1-3,10,14,16,19H,4-9,11-12H2. The number of aromatic hydroxyl groups is 1. The second-order valence-corrected chi connectivity index (χ2v) is 5.63. The van der Waals surface area contributed by atoms with Gasteiger partial charge in [0.2, 0.25) is 0 Å². The molecule has 1 aromatic carbocycles. The SMILES string of the molecule is Oc1cccc(CN2CCN(C3CCNC3)CC2)c1. The van der Waals surface area contributed by atoms with Crippen LogP contribution in [0.3, 0.4) is 0 Å². The Morgan fingerprint density at radius 3 is 2.74 bits per heavy atom. The number of nitrogens with zero attached hydrogens (tertiary/aromatic N) is 2. The van der Waals surface area contributed by atoms with Gasteiger partial charge in [0.1, 0.15) is 5.75 Å². The number of hydrogen-bond donors (Lipinski definition) is 2. The average Bonchev–Trinajstić information content (AvgIpc) is 2.94. The Labute approximate surface area is 115 Å². The quantitative estimate of drug-likeness (QED) is 0.847. The van der Waals surface area contributed by atoms with Gasteiger partial charge in [0, 0.05) is 45.3 Å². The van der Waals surface area contributed by atoms with Crippen LogP contribution in [-0.2, 0) is 6.54 Å². The van der Waals surface area contributed by atoms with Crippen molar-refractivity contribution in [3.8, 4) is 5.75 Å². The van der Waals surface area contributed by atoms with Crippen molar-refractivity contribution in [2.75, 3.05) is 39.3 Å². The molecule has 4 heteroatoms. The maximum absolute atomic E-state index is 9.49. The lowest BCUT2D eigenvalue weighted by atomic mass is 10.1. The molecule has 3 rings (SSSR count). The summed E-state index contributed by atoms with van der Waals surface area (Å²) in [6.07, 6.45) is 1.30. The summed E-state index contributed by atoms with van der Waals surface area (Å²) in [7, 11) is 0. The van der Waals surface area contributed by atoms with Gasteiger partial charge >= 0.3 is 0 Å². The molecule has 1 unspecified atom stereocenters. The summed E-state index contributed by atoms with van der Waals surface area (Å²) < 4.78 is 0. The average molecular weight is 261 g/mol. The van der Waals surface area contributed by atoms with Crippen LogP contribution in [0.4, 0.5) is 0 Å². The number of rotatable bonds is 3. The van der Waals surface area contributed by atoms with E-state index in [1.165, 1.54) is 31.6 Å². The molecule has 2 fully saturated rings. The van der Waals surface area contributed by atoms with Crippen LogP contribution in [0.2, 0.25) is 0 Å². The summed E-state index contributed by atoms with van der Waals surface area (Å²) in [4.78, 5) is 5.10. The fraction of sp³-hybridized carbons (Fsp3) is 0.600. The third-order valence-electron chi connectivity index (χ3n) is 4.27. The van der Waals surface area contributed by atoms with Gasteiger partial charge in [-0.3, -0.25) is 9.80 Å². The van der Waals surface area contributed by atoms with Gasteiger partial charge < -0.3 is 10.4 Å². The first kappa shape index (κ1) is 12.9. The largest absolute Gasteiger partial charge is 0.508 e. The summed E-state index contributed by atoms with van der Waals surface area (Å²) in [5.74, 6) is 0.369. The van der Waals surface area contributed by atoms with E-state index >= 15 is 0 Å². The van der Waals surface area contributed by atoms with Crippen molar-refractivity contribution in [2.24, 2.45) is 0 Å². The molecule has 2 N–H and O–H groups in total. The number of benzene rings is 1. The topological polar surface area (TPSA) is 38.7 Å².